The fourth-order valence-corrected chi connectivity index (χ4v) is 2.04. The van der Waals surface area contributed by atoms with Crippen molar-refractivity contribution in [3.8, 4) is 0 Å². The van der Waals surface area contributed by atoms with E-state index in [-0.39, 0.29) is 0 Å². The summed E-state index contributed by atoms with van der Waals surface area (Å²) in [5, 5.41) is 4.09. The van der Waals surface area contributed by atoms with Gasteiger partial charge in [0.1, 0.15) is 5.82 Å². The number of nitrogens with two attached hydrogens (primary N) is 1. The third kappa shape index (κ3) is 2.30. The lowest BCUT2D eigenvalue weighted by atomic mass is 10.3. The zero-order valence-corrected chi connectivity index (χ0v) is 11.2. The summed E-state index contributed by atoms with van der Waals surface area (Å²) >= 11 is 11.8. The van der Waals surface area contributed by atoms with E-state index < -0.39 is 0 Å². The van der Waals surface area contributed by atoms with Gasteiger partial charge in [-0.05, 0) is 18.2 Å². The van der Waals surface area contributed by atoms with Gasteiger partial charge in [-0.25, -0.2) is 9.97 Å². The van der Waals surface area contributed by atoms with Crippen molar-refractivity contribution >= 4 is 46.2 Å². The number of rotatable bonds is 2. The summed E-state index contributed by atoms with van der Waals surface area (Å²) in [7, 11) is 0. The quantitative estimate of drug-likeness (QED) is 0.760. The molecule has 0 spiro atoms. The molecule has 0 saturated carbocycles. The van der Waals surface area contributed by atoms with Crippen molar-refractivity contribution in [3.63, 3.8) is 0 Å². The van der Waals surface area contributed by atoms with Gasteiger partial charge in [-0.3, -0.25) is 0 Å². The number of nitrogens with one attached hydrogen (secondary N) is 1. The highest BCUT2D eigenvalue weighted by molar-refractivity contribution is 6.42. The standard InChI is InChI=1S/C12H9Cl2N5/c13-8-2-1-7(5-9(8)14)17-11-12-16-3-4-19(12)6-10(15)18-11/h1-6H,15H2,(H,17,18). The second-order valence-corrected chi connectivity index (χ2v) is 4.74. The molecule has 5 nitrogen and oxygen atoms in total. The Balaban J connectivity index is 2.04. The highest BCUT2D eigenvalue weighted by Gasteiger charge is 2.07. The van der Waals surface area contributed by atoms with Gasteiger partial charge >= 0.3 is 0 Å². The lowest BCUT2D eigenvalue weighted by Crippen LogP contribution is -2.01. The highest BCUT2D eigenvalue weighted by atomic mass is 35.5. The Hall–Kier alpha value is -1.98. The van der Waals surface area contributed by atoms with Crippen LogP contribution in [-0.4, -0.2) is 14.4 Å². The molecule has 0 atom stereocenters. The molecule has 0 bridgehead atoms. The maximum atomic E-state index is 5.97. The van der Waals surface area contributed by atoms with Crippen molar-refractivity contribution < 1.29 is 0 Å². The SMILES string of the molecule is Nc1cn2ccnc2c(Nc2ccc(Cl)c(Cl)c2)n1. The molecule has 3 aromatic rings. The van der Waals surface area contributed by atoms with E-state index in [0.717, 1.165) is 5.69 Å². The second kappa shape index (κ2) is 4.60. The predicted octanol–water partition coefficient (Wildman–Crippen LogP) is 3.36. The van der Waals surface area contributed by atoms with Crippen LogP contribution >= 0.6 is 23.2 Å². The molecule has 0 radical (unpaired) electrons. The molecule has 0 amide bonds. The Morgan fingerprint density at radius 3 is 2.84 bits per heavy atom. The average Bonchev–Trinajstić information content (AvgIpc) is 2.82. The van der Waals surface area contributed by atoms with Crippen LogP contribution in [0.1, 0.15) is 0 Å². The van der Waals surface area contributed by atoms with Crippen molar-refractivity contribution in [2.45, 2.75) is 0 Å². The van der Waals surface area contributed by atoms with E-state index in [9.17, 15) is 0 Å². The van der Waals surface area contributed by atoms with Gasteiger partial charge in [-0.2, -0.15) is 0 Å². The number of halogens is 2. The molecule has 1 aromatic carbocycles. The number of nitrogen functional groups attached to an aromatic ring is 1. The van der Waals surface area contributed by atoms with Crippen LogP contribution in [0.2, 0.25) is 10.0 Å². The van der Waals surface area contributed by atoms with Crippen molar-refractivity contribution in [1.82, 2.24) is 14.4 Å². The highest BCUT2D eigenvalue weighted by Crippen LogP contribution is 2.27. The smallest absolute Gasteiger partial charge is 0.180 e. The fourth-order valence-electron chi connectivity index (χ4n) is 1.75. The monoisotopic (exact) mass is 293 g/mol. The van der Waals surface area contributed by atoms with Crippen LogP contribution in [0.3, 0.4) is 0 Å². The van der Waals surface area contributed by atoms with Gasteiger partial charge in [0.05, 0.1) is 16.2 Å². The molecule has 3 N–H and O–H groups in total. The van der Waals surface area contributed by atoms with Crippen molar-refractivity contribution in [2.24, 2.45) is 0 Å². The molecule has 0 aliphatic heterocycles. The number of benzene rings is 1. The van der Waals surface area contributed by atoms with Gasteiger partial charge in [0.2, 0.25) is 0 Å². The molecule has 2 heterocycles. The zero-order chi connectivity index (χ0) is 13.4. The summed E-state index contributed by atoms with van der Waals surface area (Å²) in [4.78, 5) is 8.45. The lowest BCUT2D eigenvalue weighted by molar-refractivity contribution is 1.14. The Morgan fingerprint density at radius 2 is 2.05 bits per heavy atom. The van der Waals surface area contributed by atoms with Crippen LogP contribution in [0.5, 0.6) is 0 Å². The van der Waals surface area contributed by atoms with Crippen LogP contribution in [0.25, 0.3) is 5.65 Å². The van der Waals surface area contributed by atoms with E-state index >= 15 is 0 Å². The van der Waals surface area contributed by atoms with Crippen LogP contribution in [0.15, 0.2) is 36.8 Å². The first kappa shape index (κ1) is 12.1. The second-order valence-electron chi connectivity index (χ2n) is 3.93. The largest absolute Gasteiger partial charge is 0.382 e. The summed E-state index contributed by atoms with van der Waals surface area (Å²) in [6, 6.07) is 5.23. The number of aromatic nitrogens is 3. The maximum Gasteiger partial charge on any atom is 0.180 e. The Bertz CT molecular complexity index is 753. The number of hydrogen-bond acceptors (Lipinski definition) is 4. The van der Waals surface area contributed by atoms with Crippen molar-refractivity contribution in [3.05, 3.63) is 46.8 Å². The van der Waals surface area contributed by atoms with E-state index in [1.807, 2.05) is 0 Å². The number of hydrogen-bond donors (Lipinski definition) is 2. The van der Waals surface area contributed by atoms with E-state index in [1.54, 1.807) is 41.2 Å². The number of imidazole rings is 1. The molecule has 0 aliphatic rings. The first-order chi connectivity index (χ1) is 9.13. The third-order valence-corrected chi connectivity index (χ3v) is 3.31. The summed E-state index contributed by atoms with van der Waals surface area (Å²) in [5.74, 6) is 0.955. The minimum Gasteiger partial charge on any atom is -0.382 e. The molecule has 19 heavy (non-hydrogen) atoms. The predicted molar refractivity (Wildman–Crippen MR) is 77.1 cm³/mol. The molecular formula is C12H9Cl2N5. The molecular weight excluding hydrogens is 285 g/mol. The van der Waals surface area contributed by atoms with Gasteiger partial charge in [0, 0.05) is 18.1 Å². The van der Waals surface area contributed by atoms with Gasteiger partial charge in [0.25, 0.3) is 0 Å². The van der Waals surface area contributed by atoms with Gasteiger partial charge < -0.3 is 15.5 Å². The van der Waals surface area contributed by atoms with E-state index in [2.05, 4.69) is 15.3 Å². The lowest BCUT2D eigenvalue weighted by Gasteiger charge is -2.08. The molecule has 3 rings (SSSR count). The van der Waals surface area contributed by atoms with Gasteiger partial charge in [0.15, 0.2) is 11.5 Å². The van der Waals surface area contributed by atoms with Crippen LogP contribution in [-0.2, 0) is 0 Å². The summed E-state index contributed by atoms with van der Waals surface area (Å²) < 4.78 is 1.79. The van der Waals surface area contributed by atoms with Gasteiger partial charge in [-0.15, -0.1) is 0 Å². The Morgan fingerprint density at radius 1 is 1.21 bits per heavy atom. The Kier molecular flexibility index (Phi) is 2.93. The Labute approximate surface area is 119 Å². The topological polar surface area (TPSA) is 68.2 Å². The maximum absolute atomic E-state index is 5.97. The molecule has 0 fully saturated rings. The minimum absolute atomic E-state index is 0.396. The van der Waals surface area contributed by atoms with E-state index in [1.165, 1.54) is 0 Å². The van der Waals surface area contributed by atoms with Crippen molar-refractivity contribution in [2.75, 3.05) is 11.1 Å². The van der Waals surface area contributed by atoms with Crippen molar-refractivity contribution in [1.29, 1.82) is 0 Å². The van der Waals surface area contributed by atoms with Gasteiger partial charge in [-0.1, -0.05) is 23.2 Å². The normalized spacial score (nSPS) is 10.8. The van der Waals surface area contributed by atoms with E-state index in [0.29, 0.717) is 27.3 Å². The number of fused-ring (bicyclic) bond motifs is 1. The third-order valence-electron chi connectivity index (χ3n) is 2.58. The molecule has 0 unspecified atom stereocenters. The van der Waals surface area contributed by atoms with Crippen LogP contribution in [0.4, 0.5) is 17.3 Å². The summed E-state index contributed by atoms with van der Waals surface area (Å²) in [6.07, 6.45) is 5.17. The number of nitrogens with zero attached hydrogens (tertiary/aromatic N) is 3. The first-order valence-corrected chi connectivity index (χ1v) is 6.20. The fraction of sp³-hybridized carbons (Fsp3) is 0. The molecule has 96 valence electrons. The van der Waals surface area contributed by atoms with Crippen LogP contribution < -0.4 is 11.1 Å². The summed E-state index contributed by atoms with van der Waals surface area (Å²) in [5.41, 5.74) is 7.19. The molecule has 0 aliphatic carbocycles. The number of anilines is 3. The minimum atomic E-state index is 0.396. The van der Waals surface area contributed by atoms with Crippen LogP contribution in [0, 0.1) is 0 Å². The summed E-state index contributed by atoms with van der Waals surface area (Å²) in [6.45, 7) is 0. The van der Waals surface area contributed by atoms with E-state index in [4.69, 9.17) is 28.9 Å². The average molecular weight is 294 g/mol. The zero-order valence-electron chi connectivity index (χ0n) is 9.64. The molecule has 2 aromatic heterocycles. The molecule has 0 saturated heterocycles. The first-order valence-electron chi connectivity index (χ1n) is 5.45. The molecule has 7 heteroatoms.